The van der Waals surface area contributed by atoms with Crippen molar-refractivity contribution in [2.75, 3.05) is 14.2 Å². The van der Waals surface area contributed by atoms with E-state index in [1.807, 2.05) is 12.1 Å². The number of methoxy groups -OCH3 is 2. The standard InChI is InChI=1S/C10H12O4S/c1-13-9(11)5-7-3-4-8(15-7)6-10(12)14-2/h3-4H,5-6H2,1-2H3. The van der Waals surface area contributed by atoms with Crippen molar-refractivity contribution in [3.05, 3.63) is 21.9 Å². The van der Waals surface area contributed by atoms with E-state index >= 15 is 0 Å². The first-order valence-electron chi connectivity index (χ1n) is 4.37. The molecule has 0 N–H and O–H groups in total. The van der Waals surface area contributed by atoms with Crippen molar-refractivity contribution in [2.24, 2.45) is 0 Å². The van der Waals surface area contributed by atoms with Gasteiger partial charge in [0.2, 0.25) is 0 Å². The van der Waals surface area contributed by atoms with E-state index in [9.17, 15) is 9.59 Å². The Morgan fingerprint density at radius 2 is 1.47 bits per heavy atom. The average Bonchev–Trinajstić information content (AvgIpc) is 2.65. The molecule has 15 heavy (non-hydrogen) atoms. The van der Waals surface area contributed by atoms with Crippen LogP contribution in [0.2, 0.25) is 0 Å². The normalized spacial score (nSPS) is 9.73. The van der Waals surface area contributed by atoms with Crippen molar-refractivity contribution in [1.82, 2.24) is 0 Å². The summed E-state index contributed by atoms with van der Waals surface area (Å²) in [5.41, 5.74) is 0. The number of esters is 2. The third-order valence-corrected chi connectivity index (χ3v) is 2.90. The number of rotatable bonds is 4. The Bertz CT molecular complexity index is 324. The van der Waals surface area contributed by atoms with Crippen LogP contribution in [-0.4, -0.2) is 26.2 Å². The van der Waals surface area contributed by atoms with Crippen molar-refractivity contribution in [2.45, 2.75) is 12.8 Å². The molecule has 0 amide bonds. The maximum atomic E-state index is 11.0. The van der Waals surface area contributed by atoms with Crippen LogP contribution in [0.25, 0.3) is 0 Å². The van der Waals surface area contributed by atoms with Crippen LogP contribution < -0.4 is 0 Å². The highest BCUT2D eigenvalue weighted by atomic mass is 32.1. The fourth-order valence-corrected chi connectivity index (χ4v) is 2.03. The fourth-order valence-electron chi connectivity index (χ4n) is 1.04. The molecule has 0 atom stereocenters. The van der Waals surface area contributed by atoms with E-state index < -0.39 is 0 Å². The third-order valence-electron chi connectivity index (χ3n) is 1.81. The van der Waals surface area contributed by atoms with Gasteiger partial charge in [0.25, 0.3) is 0 Å². The van der Waals surface area contributed by atoms with Gasteiger partial charge in [-0.15, -0.1) is 11.3 Å². The molecular formula is C10H12O4S. The van der Waals surface area contributed by atoms with E-state index in [1.165, 1.54) is 25.6 Å². The van der Waals surface area contributed by atoms with Gasteiger partial charge in [-0.05, 0) is 12.1 Å². The number of ether oxygens (including phenoxy) is 2. The summed E-state index contributed by atoms with van der Waals surface area (Å²) in [6, 6.07) is 3.64. The second-order valence-corrected chi connectivity index (χ2v) is 4.13. The van der Waals surface area contributed by atoms with Gasteiger partial charge in [-0.3, -0.25) is 9.59 Å². The monoisotopic (exact) mass is 228 g/mol. The summed E-state index contributed by atoms with van der Waals surface area (Å²) in [5.74, 6) is -0.553. The van der Waals surface area contributed by atoms with Crippen molar-refractivity contribution < 1.29 is 19.1 Å². The topological polar surface area (TPSA) is 52.6 Å². The zero-order valence-electron chi connectivity index (χ0n) is 8.61. The predicted octanol–water partition coefficient (Wildman–Crippen LogP) is 1.18. The zero-order valence-corrected chi connectivity index (χ0v) is 9.43. The summed E-state index contributed by atoms with van der Waals surface area (Å²) in [7, 11) is 2.70. The molecule has 0 bridgehead atoms. The molecule has 1 rings (SSSR count). The van der Waals surface area contributed by atoms with Crippen LogP contribution in [0.1, 0.15) is 9.75 Å². The zero-order chi connectivity index (χ0) is 11.3. The van der Waals surface area contributed by atoms with Crippen LogP contribution in [0.15, 0.2) is 12.1 Å². The molecule has 1 aromatic heterocycles. The first kappa shape index (κ1) is 11.7. The average molecular weight is 228 g/mol. The third kappa shape index (κ3) is 3.71. The van der Waals surface area contributed by atoms with Gasteiger partial charge in [0.15, 0.2) is 0 Å². The largest absolute Gasteiger partial charge is 0.469 e. The number of hydrogen-bond donors (Lipinski definition) is 0. The number of carbonyl (C=O) groups is 2. The van der Waals surface area contributed by atoms with E-state index in [0.29, 0.717) is 0 Å². The smallest absolute Gasteiger partial charge is 0.310 e. The SMILES string of the molecule is COC(=O)Cc1ccc(CC(=O)OC)s1. The van der Waals surface area contributed by atoms with Gasteiger partial charge in [-0.25, -0.2) is 0 Å². The van der Waals surface area contributed by atoms with Crippen molar-refractivity contribution in [3.63, 3.8) is 0 Å². The fraction of sp³-hybridized carbons (Fsp3) is 0.400. The molecule has 0 saturated carbocycles. The van der Waals surface area contributed by atoms with E-state index in [4.69, 9.17) is 0 Å². The maximum Gasteiger partial charge on any atom is 0.310 e. The van der Waals surface area contributed by atoms with Crippen LogP contribution in [0.4, 0.5) is 0 Å². The number of thiophene rings is 1. The van der Waals surface area contributed by atoms with E-state index in [0.717, 1.165) is 9.75 Å². The Balaban J connectivity index is 2.56. The molecule has 0 radical (unpaired) electrons. The maximum absolute atomic E-state index is 11.0. The minimum absolute atomic E-state index is 0.252. The summed E-state index contributed by atoms with van der Waals surface area (Å²) in [5, 5.41) is 0. The van der Waals surface area contributed by atoms with Gasteiger partial charge < -0.3 is 9.47 Å². The summed E-state index contributed by atoms with van der Waals surface area (Å²) in [6.07, 6.45) is 0.505. The quantitative estimate of drug-likeness (QED) is 0.726. The molecular weight excluding hydrogens is 216 g/mol. The molecule has 0 aliphatic carbocycles. The number of hydrogen-bond acceptors (Lipinski definition) is 5. The van der Waals surface area contributed by atoms with Gasteiger partial charge in [0, 0.05) is 9.75 Å². The van der Waals surface area contributed by atoms with E-state index in [2.05, 4.69) is 9.47 Å². The summed E-state index contributed by atoms with van der Waals surface area (Å²) < 4.78 is 9.08. The molecule has 0 aliphatic heterocycles. The Kier molecular flexibility index (Phi) is 4.30. The molecule has 0 aliphatic rings. The van der Waals surface area contributed by atoms with Crippen LogP contribution in [0.5, 0.6) is 0 Å². The Morgan fingerprint density at radius 3 is 1.80 bits per heavy atom. The van der Waals surface area contributed by atoms with Crippen LogP contribution in [0, 0.1) is 0 Å². The van der Waals surface area contributed by atoms with Crippen LogP contribution in [-0.2, 0) is 31.9 Å². The van der Waals surface area contributed by atoms with Gasteiger partial charge in [0.1, 0.15) is 0 Å². The lowest BCUT2D eigenvalue weighted by molar-refractivity contribution is -0.140. The highest BCUT2D eigenvalue weighted by molar-refractivity contribution is 7.12. The molecule has 5 heteroatoms. The Labute approximate surface area is 91.8 Å². The van der Waals surface area contributed by atoms with E-state index in [1.54, 1.807) is 0 Å². The molecule has 0 saturated heterocycles. The Morgan fingerprint density at radius 1 is 1.07 bits per heavy atom. The van der Waals surface area contributed by atoms with Crippen LogP contribution in [0.3, 0.4) is 0 Å². The first-order chi connectivity index (χ1) is 7.15. The van der Waals surface area contributed by atoms with Gasteiger partial charge >= 0.3 is 11.9 Å². The Hall–Kier alpha value is -1.36. The minimum Gasteiger partial charge on any atom is -0.469 e. The van der Waals surface area contributed by atoms with Gasteiger partial charge in [-0.2, -0.15) is 0 Å². The van der Waals surface area contributed by atoms with Gasteiger partial charge in [-0.1, -0.05) is 0 Å². The minimum atomic E-state index is -0.276. The van der Waals surface area contributed by atoms with E-state index in [-0.39, 0.29) is 24.8 Å². The lowest BCUT2D eigenvalue weighted by Gasteiger charge is -1.96. The molecule has 82 valence electrons. The molecule has 0 spiro atoms. The summed E-state index contributed by atoms with van der Waals surface area (Å²) in [4.78, 5) is 23.7. The molecule has 4 nitrogen and oxygen atoms in total. The van der Waals surface area contributed by atoms with Crippen LogP contribution >= 0.6 is 11.3 Å². The molecule has 0 unspecified atom stereocenters. The highest BCUT2D eigenvalue weighted by Crippen LogP contribution is 2.18. The lowest BCUT2D eigenvalue weighted by atomic mass is 10.3. The molecule has 1 heterocycles. The van der Waals surface area contributed by atoms with Gasteiger partial charge in [0.05, 0.1) is 27.1 Å². The summed E-state index contributed by atoms with van der Waals surface area (Å²) >= 11 is 1.42. The van der Waals surface area contributed by atoms with Crippen molar-refractivity contribution in [3.8, 4) is 0 Å². The van der Waals surface area contributed by atoms with Crippen molar-refractivity contribution >= 4 is 23.3 Å². The highest BCUT2D eigenvalue weighted by Gasteiger charge is 2.08. The molecule has 0 fully saturated rings. The van der Waals surface area contributed by atoms with Crippen molar-refractivity contribution in [1.29, 1.82) is 0 Å². The second-order valence-electron chi connectivity index (χ2n) is 2.87. The number of carbonyl (C=O) groups excluding carboxylic acids is 2. The predicted molar refractivity (Wildman–Crippen MR) is 55.8 cm³/mol. The molecule has 1 aromatic rings. The summed E-state index contributed by atoms with van der Waals surface area (Å²) in [6.45, 7) is 0. The second kappa shape index (κ2) is 5.50. The molecule has 0 aromatic carbocycles. The lowest BCUT2D eigenvalue weighted by Crippen LogP contribution is -2.03. The first-order valence-corrected chi connectivity index (χ1v) is 5.18.